The van der Waals surface area contributed by atoms with Crippen LogP contribution in [-0.2, 0) is 6.54 Å². The minimum absolute atomic E-state index is 0.704. The van der Waals surface area contributed by atoms with E-state index in [1.54, 1.807) is 0 Å². The highest BCUT2D eigenvalue weighted by molar-refractivity contribution is 9.10. The molecule has 0 radical (unpaired) electrons. The minimum Gasteiger partial charge on any atom is -0.381 e. The second-order valence-corrected chi connectivity index (χ2v) is 5.86. The molecule has 2 nitrogen and oxygen atoms in total. The normalized spacial score (nSPS) is 10.3. The summed E-state index contributed by atoms with van der Waals surface area (Å²) < 4.78 is 1.04. The molecule has 0 fully saturated rings. The fraction of sp³-hybridized carbons (Fsp3) is 0.200. The van der Waals surface area contributed by atoms with E-state index >= 15 is 0 Å². The van der Waals surface area contributed by atoms with E-state index < -0.39 is 0 Å². The molecule has 2 rings (SSSR count). The first kappa shape index (κ1) is 14.2. The van der Waals surface area contributed by atoms with Crippen molar-refractivity contribution < 1.29 is 0 Å². The Morgan fingerprint density at radius 3 is 2.68 bits per heavy atom. The third-order valence-corrected chi connectivity index (χ3v) is 3.72. The van der Waals surface area contributed by atoms with Gasteiger partial charge in [0, 0.05) is 41.5 Å². The van der Waals surface area contributed by atoms with Crippen molar-refractivity contribution in [1.29, 1.82) is 0 Å². The molecule has 0 bridgehead atoms. The van der Waals surface area contributed by atoms with Gasteiger partial charge in [0.05, 0.1) is 0 Å². The molecule has 1 N–H and O–H groups in total. The third-order valence-electron chi connectivity index (χ3n) is 2.85. The number of benzene rings is 2. The summed E-state index contributed by atoms with van der Waals surface area (Å²) in [5.74, 6) is 0. The van der Waals surface area contributed by atoms with E-state index in [1.165, 1.54) is 5.69 Å². The van der Waals surface area contributed by atoms with Gasteiger partial charge in [-0.15, -0.1) is 0 Å². The van der Waals surface area contributed by atoms with E-state index in [9.17, 15) is 0 Å². The van der Waals surface area contributed by atoms with Crippen molar-refractivity contribution in [3.8, 4) is 0 Å². The summed E-state index contributed by atoms with van der Waals surface area (Å²) in [4.78, 5) is 2.08. The topological polar surface area (TPSA) is 15.3 Å². The monoisotopic (exact) mass is 338 g/mol. The van der Waals surface area contributed by atoms with E-state index in [2.05, 4.69) is 44.3 Å². The Morgan fingerprint density at radius 1 is 1.16 bits per heavy atom. The van der Waals surface area contributed by atoms with Crippen LogP contribution in [0, 0.1) is 0 Å². The SMILES string of the molecule is CN(C)c1cccc(NCc2cc(Br)ccc2Cl)c1. The molecule has 4 heteroatoms. The smallest absolute Gasteiger partial charge is 0.0456 e. The number of hydrogen-bond acceptors (Lipinski definition) is 2. The van der Waals surface area contributed by atoms with Crippen LogP contribution in [0.3, 0.4) is 0 Å². The van der Waals surface area contributed by atoms with Crippen LogP contribution in [0.2, 0.25) is 5.02 Å². The molecule has 19 heavy (non-hydrogen) atoms. The van der Waals surface area contributed by atoms with E-state index in [0.29, 0.717) is 6.54 Å². The highest BCUT2D eigenvalue weighted by Gasteiger charge is 2.02. The van der Waals surface area contributed by atoms with Crippen LogP contribution >= 0.6 is 27.5 Å². The molecule has 0 aliphatic rings. The summed E-state index contributed by atoms with van der Waals surface area (Å²) in [5.41, 5.74) is 3.33. The third kappa shape index (κ3) is 3.88. The second kappa shape index (κ2) is 6.31. The molecule has 100 valence electrons. The Bertz CT molecular complexity index is 570. The molecule has 0 saturated heterocycles. The molecular formula is C15H16BrClN2. The zero-order valence-corrected chi connectivity index (χ0v) is 13.3. The minimum atomic E-state index is 0.704. The average molecular weight is 340 g/mol. The van der Waals surface area contributed by atoms with Crippen molar-refractivity contribution in [3.05, 3.63) is 57.5 Å². The summed E-state index contributed by atoms with van der Waals surface area (Å²) in [6.45, 7) is 0.704. The number of hydrogen-bond donors (Lipinski definition) is 1. The van der Waals surface area contributed by atoms with Crippen LogP contribution in [0.5, 0.6) is 0 Å². The van der Waals surface area contributed by atoms with Crippen molar-refractivity contribution in [3.63, 3.8) is 0 Å². The Kier molecular flexibility index (Phi) is 4.72. The molecule has 0 amide bonds. The standard InChI is InChI=1S/C15H16BrClN2/c1-19(2)14-5-3-4-13(9-14)18-10-11-8-12(16)6-7-15(11)17/h3-9,18H,10H2,1-2H3. The average Bonchev–Trinajstić information content (AvgIpc) is 2.40. The Hall–Kier alpha value is -1.19. The summed E-state index contributed by atoms with van der Waals surface area (Å²) >= 11 is 9.64. The van der Waals surface area contributed by atoms with Gasteiger partial charge in [0.15, 0.2) is 0 Å². The molecule has 0 heterocycles. The van der Waals surface area contributed by atoms with Gasteiger partial charge in [0.25, 0.3) is 0 Å². The van der Waals surface area contributed by atoms with Gasteiger partial charge in [-0.2, -0.15) is 0 Å². The molecule has 0 unspecified atom stereocenters. The quantitative estimate of drug-likeness (QED) is 0.862. The molecule has 0 aliphatic heterocycles. The number of halogens is 2. The summed E-state index contributed by atoms with van der Waals surface area (Å²) in [7, 11) is 4.06. The Balaban J connectivity index is 2.10. The van der Waals surface area contributed by atoms with Gasteiger partial charge in [-0.25, -0.2) is 0 Å². The maximum atomic E-state index is 6.18. The van der Waals surface area contributed by atoms with Gasteiger partial charge in [-0.1, -0.05) is 33.6 Å². The highest BCUT2D eigenvalue weighted by Crippen LogP contribution is 2.23. The van der Waals surface area contributed by atoms with Gasteiger partial charge in [0.2, 0.25) is 0 Å². The summed E-state index contributed by atoms with van der Waals surface area (Å²) in [6.07, 6.45) is 0. The fourth-order valence-electron chi connectivity index (χ4n) is 1.77. The fourth-order valence-corrected chi connectivity index (χ4v) is 2.36. The molecule has 0 atom stereocenters. The largest absolute Gasteiger partial charge is 0.381 e. The molecule has 2 aromatic rings. The second-order valence-electron chi connectivity index (χ2n) is 4.53. The number of anilines is 2. The maximum Gasteiger partial charge on any atom is 0.0456 e. The predicted octanol–water partition coefficient (Wildman–Crippen LogP) is 4.78. The molecule has 2 aromatic carbocycles. The molecular weight excluding hydrogens is 324 g/mol. The van der Waals surface area contributed by atoms with Crippen LogP contribution in [0.25, 0.3) is 0 Å². The van der Waals surface area contributed by atoms with Gasteiger partial charge < -0.3 is 10.2 Å². The van der Waals surface area contributed by atoms with Crippen LogP contribution in [-0.4, -0.2) is 14.1 Å². The number of nitrogens with zero attached hydrogens (tertiary/aromatic N) is 1. The lowest BCUT2D eigenvalue weighted by Crippen LogP contribution is -2.09. The first-order chi connectivity index (χ1) is 9.06. The van der Waals surface area contributed by atoms with Gasteiger partial charge in [-0.3, -0.25) is 0 Å². The highest BCUT2D eigenvalue weighted by atomic mass is 79.9. The predicted molar refractivity (Wildman–Crippen MR) is 87.2 cm³/mol. The zero-order valence-electron chi connectivity index (χ0n) is 11.0. The van der Waals surface area contributed by atoms with Crippen molar-refractivity contribution in [2.24, 2.45) is 0 Å². The zero-order chi connectivity index (χ0) is 13.8. The van der Waals surface area contributed by atoms with E-state index in [1.807, 2.05) is 38.4 Å². The number of rotatable bonds is 4. The van der Waals surface area contributed by atoms with Crippen LogP contribution < -0.4 is 10.2 Å². The van der Waals surface area contributed by atoms with E-state index in [4.69, 9.17) is 11.6 Å². The van der Waals surface area contributed by atoms with Gasteiger partial charge in [-0.05, 0) is 42.0 Å². The van der Waals surface area contributed by atoms with Crippen molar-refractivity contribution >= 4 is 38.9 Å². The molecule has 0 saturated carbocycles. The lowest BCUT2D eigenvalue weighted by Gasteiger charge is -2.15. The Labute approximate surface area is 127 Å². The summed E-state index contributed by atoms with van der Waals surface area (Å²) in [6, 6.07) is 14.2. The van der Waals surface area contributed by atoms with Crippen molar-refractivity contribution in [2.45, 2.75) is 6.54 Å². The van der Waals surface area contributed by atoms with Crippen molar-refractivity contribution in [1.82, 2.24) is 0 Å². The van der Waals surface area contributed by atoms with Crippen LogP contribution in [0.15, 0.2) is 46.9 Å². The van der Waals surface area contributed by atoms with Gasteiger partial charge >= 0.3 is 0 Å². The van der Waals surface area contributed by atoms with Crippen LogP contribution in [0.1, 0.15) is 5.56 Å². The first-order valence-electron chi connectivity index (χ1n) is 6.01. The number of nitrogens with one attached hydrogen (secondary N) is 1. The molecule has 0 aliphatic carbocycles. The van der Waals surface area contributed by atoms with Gasteiger partial charge in [0.1, 0.15) is 0 Å². The first-order valence-corrected chi connectivity index (χ1v) is 7.18. The Morgan fingerprint density at radius 2 is 1.95 bits per heavy atom. The van der Waals surface area contributed by atoms with E-state index in [-0.39, 0.29) is 0 Å². The molecule has 0 spiro atoms. The lowest BCUT2D eigenvalue weighted by molar-refractivity contribution is 1.12. The molecule has 0 aromatic heterocycles. The maximum absolute atomic E-state index is 6.18. The van der Waals surface area contributed by atoms with E-state index in [0.717, 1.165) is 20.7 Å². The summed E-state index contributed by atoms with van der Waals surface area (Å²) in [5, 5.41) is 4.17. The van der Waals surface area contributed by atoms with Crippen molar-refractivity contribution in [2.75, 3.05) is 24.3 Å². The van der Waals surface area contributed by atoms with Crippen LogP contribution in [0.4, 0.5) is 11.4 Å². The lowest BCUT2D eigenvalue weighted by atomic mass is 10.2.